The van der Waals surface area contributed by atoms with Crippen molar-refractivity contribution in [3.05, 3.63) is 0 Å². The molecule has 6 aliphatic rings. The highest BCUT2D eigenvalue weighted by molar-refractivity contribution is 7.81. The maximum Gasteiger partial charge on any atom is 0.397 e. The van der Waals surface area contributed by atoms with Crippen molar-refractivity contribution in [2.24, 2.45) is 0 Å². The van der Waals surface area contributed by atoms with Crippen molar-refractivity contribution >= 4 is 41.6 Å². The van der Waals surface area contributed by atoms with Crippen molar-refractivity contribution in [1.82, 2.24) is 0 Å². The first kappa shape index (κ1) is 47.4. The van der Waals surface area contributed by atoms with Gasteiger partial charge in [-0.3, -0.25) is 18.2 Å². The largest absolute Gasteiger partial charge is 0.397 e. The van der Waals surface area contributed by atoms with Gasteiger partial charge in [0.2, 0.25) is 0 Å². The van der Waals surface area contributed by atoms with Gasteiger partial charge >= 0.3 is 41.6 Å². The maximum absolute atomic E-state index is 12.1. The Morgan fingerprint density at radius 1 is 0.441 bits per heavy atom. The van der Waals surface area contributed by atoms with Crippen LogP contribution in [0.2, 0.25) is 0 Å². The molecule has 0 aromatic rings. The van der Waals surface area contributed by atoms with E-state index >= 15 is 0 Å². The van der Waals surface area contributed by atoms with Crippen molar-refractivity contribution in [2.45, 2.75) is 123 Å². The Hall–Kier alpha value is -1.12. The zero-order valence-corrected chi connectivity index (χ0v) is 32.3. The molecule has 0 aromatic heterocycles. The van der Waals surface area contributed by atoms with Crippen LogP contribution < -0.4 is 0 Å². The predicted octanol–water partition coefficient (Wildman–Crippen LogP) is -8.35. The van der Waals surface area contributed by atoms with Gasteiger partial charge in [0.1, 0.15) is 85.5 Å². The minimum absolute atomic E-state index is 0.406. The summed E-state index contributed by atoms with van der Waals surface area (Å²) in [6.45, 7) is -3.26. The lowest BCUT2D eigenvalue weighted by atomic mass is 9.96. The van der Waals surface area contributed by atoms with Gasteiger partial charge in [-0.05, 0) is 0 Å². The first-order valence-electron chi connectivity index (χ1n) is 16.7. The zero-order chi connectivity index (χ0) is 43.6. The smallest absolute Gasteiger partial charge is 0.394 e. The lowest BCUT2D eigenvalue weighted by molar-refractivity contribution is -0.367. The summed E-state index contributed by atoms with van der Waals surface area (Å²) < 4.78 is 199. The van der Waals surface area contributed by atoms with E-state index in [0.29, 0.717) is 0 Å². The molecule has 59 heavy (non-hydrogen) atoms. The van der Waals surface area contributed by atoms with E-state index < -0.39 is 191 Å². The number of hydrogen-bond donors (Lipinski definition) is 10. The molecule has 0 radical (unpaired) electrons. The second-order valence-corrected chi connectivity index (χ2v) is 17.6. The van der Waals surface area contributed by atoms with E-state index in [2.05, 4.69) is 12.5 Å². The molecule has 0 aliphatic carbocycles. The van der Waals surface area contributed by atoms with Crippen LogP contribution >= 0.6 is 0 Å². The van der Waals surface area contributed by atoms with Gasteiger partial charge in [-0.2, -0.15) is 33.7 Å². The molecule has 6 saturated heterocycles. The van der Waals surface area contributed by atoms with Crippen LogP contribution in [-0.2, 0) is 101 Å². The Morgan fingerprint density at radius 2 is 0.847 bits per heavy atom. The van der Waals surface area contributed by atoms with Gasteiger partial charge in [0.05, 0.1) is 26.4 Å². The summed E-state index contributed by atoms with van der Waals surface area (Å²) in [7, 11) is -21.6. The predicted molar refractivity (Wildman–Crippen MR) is 169 cm³/mol. The van der Waals surface area contributed by atoms with Crippen LogP contribution in [0.3, 0.4) is 0 Å². The minimum Gasteiger partial charge on any atom is -0.394 e. The molecule has 6 rings (SSSR count). The molecule has 0 saturated carbocycles. The number of aliphatic hydroxyl groups excluding tert-OH is 6. The van der Waals surface area contributed by atoms with Crippen molar-refractivity contribution in [1.29, 1.82) is 0 Å². The quantitative estimate of drug-likeness (QED) is 0.0642. The second kappa shape index (κ2) is 17.8. The van der Waals surface area contributed by atoms with Gasteiger partial charge in [0, 0.05) is 0 Å². The Bertz CT molecular complexity index is 1910. The van der Waals surface area contributed by atoms with Crippen molar-refractivity contribution < 1.29 is 142 Å². The van der Waals surface area contributed by atoms with E-state index in [1.54, 1.807) is 0 Å². The summed E-state index contributed by atoms with van der Waals surface area (Å²) in [6.07, 6.45) is -39.1. The molecular formula is C24H38O31S4. The van der Waals surface area contributed by atoms with Crippen LogP contribution in [0.25, 0.3) is 0 Å². The van der Waals surface area contributed by atoms with E-state index in [9.17, 15) is 78.0 Å². The Labute approximate surface area is 332 Å². The Balaban J connectivity index is 1.26. The third kappa shape index (κ3) is 11.0. The van der Waals surface area contributed by atoms with Gasteiger partial charge in [-0.15, -0.1) is 0 Å². The maximum atomic E-state index is 12.1. The van der Waals surface area contributed by atoms with E-state index in [4.69, 9.17) is 51.4 Å². The molecule has 35 heteroatoms. The summed E-state index contributed by atoms with van der Waals surface area (Å²) in [4.78, 5) is 0. The standard InChI is InChI=1S/C24H38O31S4/c25-1-5-12(52-56(31,32)33)9(27)10(28)22(46-5)49-14-8-4-44-18(14)20(55-59(40,41)42)24(48-8)51-16-11(29)23(47-6(2-26)15(16)53-57(34,35)36)50-13-7-3-43-17(13)19(21(30)45-7)54-58(37,38)39/h5-30H,1-4H2,(H,31,32,33)(H,34,35,36)(H,37,38,39)(H,40,41,42)/t5-,6-,7-,8-,9?,10-,11-,12+,13+,14+,15+,16-,17+,18+,19-,20-,21+,22+,23+,24-/m1/s1. The molecule has 6 heterocycles. The minimum atomic E-state index is -5.55. The summed E-state index contributed by atoms with van der Waals surface area (Å²) in [6, 6.07) is 0. The van der Waals surface area contributed by atoms with E-state index in [1.165, 1.54) is 0 Å². The van der Waals surface area contributed by atoms with Gasteiger partial charge < -0.3 is 73.3 Å². The van der Waals surface area contributed by atoms with Crippen molar-refractivity contribution in [3.63, 3.8) is 0 Å². The lowest BCUT2D eigenvalue weighted by Gasteiger charge is -2.48. The topological polar surface area (TPSA) is 459 Å². The lowest BCUT2D eigenvalue weighted by Crippen LogP contribution is -2.66. The molecule has 20 atom stereocenters. The number of hydrogen-bond acceptors (Lipinski definition) is 27. The summed E-state index contributed by atoms with van der Waals surface area (Å²) in [5, 5.41) is 62.8. The van der Waals surface area contributed by atoms with E-state index in [0.717, 1.165) is 0 Å². The van der Waals surface area contributed by atoms with Crippen LogP contribution in [0, 0.1) is 0 Å². The molecule has 4 bridgehead atoms. The Morgan fingerprint density at radius 3 is 1.36 bits per heavy atom. The molecule has 6 aliphatic heterocycles. The highest BCUT2D eigenvalue weighted by Gasteiger charge is 2.61. The summed E-state index contributed by atoms with van der Waals surface area (Å²) in [5.74, 6) is 0. The number of rotatable bonds is 16. The number of ether oxygens (including phenoxy) is 9. The van der Waals surface area contributed by atoms with Crippen LogP contribution in [0.1, 0.15) is 0 Å². The van der Waals surface area contributed by atoms with Crippen LogP contribution in [0.15, 0.2) is 0 Å². The molecule has 344 valence electrons. The molecule has 10 N–H and O–H groups in total. The van der Waals surface area contributed by atoms with Crippen LogP contribution in [0.4, 0.5) is 0 Å². The van der Waals surface area contributed by atoms with E-state index in [1.807, 2.05) is 0 Å². The first-order chi connectivity index (χ1) is 27.3. The fraction of sp³-hybridized carbons (Fsp3) is 1.00. The van der Waals surface area contributed by atoms with Crippen molar-refractivity contribution in [3.8, 4) is 0 Å². The molecule has 31 nitrogen and oxygen atoms in total. The molecule has 0 spiro atoms. The van der Waals surface area contributed by atoms with Crippen LogP contribution in [0.5, 0.6) is 0 Å². The third-order valence-electron chi connectivity index (χ3n) is 9.53. The molecule has 0 aromatic carbocycles. The fourth-order valence-electron chi connectivity index (χ4n) is 7.21. The average molecular weight is 951 g/mol. The molecule has 1 unspecified atom stereocenters. The van der Waals surface area contributed by atoms with Crippen molar-refractivity contribution in [2.75, 3.05) is 26.4 Å². The summed E-state index contributed by atoms with van der Waals surface area (Å²) >= 11 is 0. The van der Waals surface area contributed by atoms with Crippen LogP contribution in [-0.4, -0.2) is 232 Å². The fourth-order valence-corrected chi connectivity index (χ4v) is 9.21. The normalized spacial score (nSPS) is 45.7. The number of fused-ring (bicyclic) bond motifs is 4. The highest BCUT2D eigenvalue weighted by atomic mass is 32.3. The van der Waals surface area contributed by atoms with E-state index in [-0.39, 0.29) is 0 Å². The third-order valence-corrected chi connectivity index (χ3v) is 11.4. The molecule has 0 amide bonds. The first-order valence-corrected chi connectivity index (χ1v) is 22.1. The van der Waals surface area contributed by atoms with Gasteiger partial charge in [0.15, 0.2) is 37.4 Å². The van der Waals surface area contributed by atoms with Gasteiger partial charge in [-0.25, -0.2) is 16.7 Å². The monoisotopic (exact) mass is 950 g/mol. The summed E-state index contributed by atoms with van der Waals surface area (Å²) in [5.41, 5.74) is 0. The number of aliphatic hydroxyl groups is 6. The average Bonchev–Trinajstić information content (AvgIpc) is 3.57. The molecule has 6 fully saturated rings. The Kier molecular flexibility index (Phi) is 14.3. The van der Waals surface area contributed by atoms with Gasteiger partial charge in [-0.1, -0.05) is 0 Å². The second-order valence-electron chi connectivity index (χ2n) is 13.4. The SMILES string of the molecule is O=S(=O)(O)O[C@@H]1[C@H]2OC[C@@H](O[C@@H]1O)[C@@H]2O[C@@H]1O[C@H](CO)[C@H](OS(=O)(=O)O)[C@H](O[C@H]2O[C@@H]3CO[C@@H]([C@H]3O[C@@H]3O[C@H](CO)[C@H](OS(=O)(=O)O)C(O)[C@H]3O)[C@H]2OS(=O)(=O)O)[C@H]1O. The molecular weight excluding hydrogens is 913 g/mol. The van der Waals surface area contributed by atoms with Gasteiger partial charge in [0.25, 0.3) is 0 Å². The zero-order valence-electron chi connectivity index (χ0n) is 29.1. The highest BCUT2D eigenvalue weighted by Crippen LogP contribution is 2.41.